The second kappa shape index (κ2) is 7.17. The molecule has 1 atom stereocenters. The molecule has 1 nitrogen and oxygen atoms in total. The summed E-state index contributed by atoms with van der Waals surface area (Å²) in [5.41, 5.74) is 0.0497. The van der Waals surface area contributed by atoms with Gasteiger partial charge in [0.25, 0.3) is 0 Å². The number of hydrogen-bond donors (Lipinski definition) is 1. The van der Waals surface area contributed by atoms with E-state index in [1.165, 1.54) is 0 Å². The number of allylic oxidation sites excluding steroid dienone is 1. The van der Waals surface area contributed by atoms with Gasteiger partial charge in [0, 0.05) is 5.56 Å². The topological polar surface area (TPSA) is 20.2 Å². The maximum atomic E-state index is 13.3. The van der Waals surface area contributed by atoms with Crippen molar-refractivity contribution in [2.24, 2.45) is 0 Å². The number of aliphatic hydroxyl groups excluding tert-OH is 1. The number of unbranched alkanes of at least 4 members (excludes halogenated alkanes) is 3. The third-order valence-corrected chi connectivity index (χ3v) is 2.70. The third kappa shape index (κ3) is 4.65. The first-order valence-corrected chi connectivity index (χ1v) is 5.89. The van der Waals surface area contributed by atoms with Gasteiger partial charge in [-0.15, -0.1) is 6.58 Å². The third-order valence-electron chi connectivity index (χ3n) is 2.70. The summed E-state index contributed by atoms with van der Waals surface area (Å²) < 4.78 is 26.2. The molecule has 0 aliphatic carbocycles. The zero-order chi connectivity index (χ0) is 12.7. The fraction of sp³-hybridized carbons (Fsp3) is 0.429. The predicted molar refractivity (Wildman–Crippen MR) is 64.6 cm³/mol. The molecule has 0 aliphatic heterocycles. The molecular formula is C14H18F2O. The van der Waals surface area contributed by atoms with Crippen LogP contribution in [0.3, 0.4) is 0 Å². The highest BCUT2D eigenvalue weighted by atomic mass is 19.1. The van der Waals surface area contributed by atoms with E-state index in [1.54, 1.807) is 0 Å². The molecule has 0 radical (unpaired) electrons. The van der Waals surface area contributed by atoms with Crippen molar-refractivity contribution in [3.8, 4) is 0 Å². The molecule has 0 aliphatic rings. The summed E-state index contributed by atoms with van der Waals surface area (Å²) in [7, 11) is 0. The fourth-order valence-corrected chi connectivity index (χ4v) is 1.73. The molecule has 0 amide bonds. The summed E-state index contributed by atoms with van der Waals surface area (Å²) >= 11 is 0. The number of hydrogen-bond acceptors (Lipinski definition) is 1. The first kappa shape index (κ1) is 13.8. The highest BCUT2D eigenvalue weighted by Crippen LogP contribution is 2.23. The molecule has 0 heterocycles. The normalized spacial score (nSPS) is 12.4. The van der Waals surface area contributed by atoms with Gasteiger partial charge in [-0.1, -0.05) is 18.9 Å². The van der Waals surface area contributed by atoms with Crippen LogP contribution in [0.5, 0.6) is 0 Å². The van der Waals surface area contributed by atoms with Gasteiger partial charge in [0.2, 0.25) is 0 Å². The molecule has 1 rings (SSSR count). The Labute approximate surface area is 101 Å². The zero-order valence-corrected chi connectivity index (χ0v) is 9.83. The Bertz CT molecular complexity index is 363. The molecule has 1 aromatic rings. The standard InChI is InChI=1S/C14H18F2O/c1-2-3-4-5-6-7-14(17)12-10-11(15)8-9-13(12)16/h2,8-10,14,17H,1,3-7H2. The van der Waals surface area contributed by atoms with Crippen LogP contribution in [0.2, 0.25) is 0 Å². The average molecular weight is 240 g/mol. The number of benzene rings is 1. The highest BCUT2D eigenvalue weighted by Gasteiger charge is 2.13. The summed E-state index contributed by atoms with van der Waals surface area (Å²) in [5, 5.41) is 9.76. The van der Waals surface area contributed by atoms with Gasteiger partial charge in [0.1, 0.15) is 11.6 Å². The summed E-state index contributed by atoms with van der Waals surface area (Å²) in [6.07, 6.45) is 5.10. The van der Waals surface area contributed by atoms with Crippen molar-refractivity contribution >= 4 is 0 Å². The van der Waals surface area contributed by atoms with Crippen molar-refractivity contribution < 1.29 is 13.9 Å². The molecule has 0 bridgehead atoms. The van der Waals surface area contributed by atoms with Crippen molar-refractivity contribution in [3.63, 3.8) is 0 Å². The summed E-state index contributed by atoms with van der Waals surface area (Å²) in [6, 6.07) is 3.16. The number of halogens is 2. The van der Waals surface area contributed by atoms with E-state index in [1.807, 2.05) is 6.08 Å². The zero-order valence-electron chi connectivity index (χ0n) is 9.83. The molecule has 0 spiro atoms. The molecule has 94 valence electrons. The van der Waals surface area contributed by atoms with E-state index < -0.39 is 17.7 Å². The second-order valence-corrected chi connectivity index (χ2v) is 4.11. The Morgan fingerprint density at radius 1 is 1.24 bits per heavy atom. The molecule has 0 fully saturated rings. The largest absolute Gasteiger partial charge is 0.388 e. The fourth-order valence-electron chi connectivity index (χ4n) is 1.73. The molecule has 0 aromatic heterocycles. The lowest BCUT2D eigenvalue weighted by molar-refractivity contribution is 0.158. The molecule has 0 saturated carbocycles. The summed E-state index contributed by atoms with van der Waals surface area (Å²) in [4.78, 5) is 0. The van der Waals surface area contributed by atoms with Gasteiger partial charge in [-0.05, 0) is 37.5 Å². The first-order chi connectivity index (χ1) is 8.15. The number of rotatable bonds is 7. The van der Waals surface area contributed by atoms with Gasteiger partial charge >= 0.3 is 0 Å². The van der Waals surface area contributed by atoms with E-state index in [0.29, 0.717) is 6.42 Å². The van der Waals surface area contributed by atoms with Crippen LogP contribution in [0.15, 0.2) is 30.9 Å². The lowest BCUT2D eigenvalue weighted by Crippen LogP contribution is -2.01. The van der Waals surface area contributed by atoms with Gasteiger partial charge in [-0.25, -0.2) is 8.78 Å². The Morgan fingerprint density at radius 3 is 2.71 bits per heavy atom. The smallest absolute Gasteiger partial charge is 0.129 e. The molecular weight excluding hydrogens is 222 g/mol. The number of aliphatic hydroxyl groups is 1. The lowest BCUT2D eigenvalue weighted by Gasteiger charge is -2.11. The van der Waals surface area contributed by atoms with Gasteiger partial charge in [-0.3, -0.25) is 0 Å². The van der Waals surface area contributed by atoms with E-state index in [0.717, 1.165) is 43.9 Å². The van der Waals surface area contributed by atoms with E-state index in [9.17, 15) is 13.9 Å². The Morgan fingerprint density at radius 2 is 2.00 bits per heavy atom. The molecule has 1 unspecified atom stereocenters. The SMILES string of the molecule is C=CCCCCCC(O)c1cc(F)ccc1F. The van der Waals surface area contributed by atoms with Crippen LogP contribution < -0.4 is 0 Å². The van der Waals surface area contributed by atoms with E-state index in [4.69, 9.17) is 0 Å². The van der Waals surface area contributed by atoms with Crippen molar-refractivity contribution in [1.29, 1.82) is 0 Å². The Kier molecular flexibility index (Phi) is 5.84. The molecule has 0 saturated heterocycles. The van der Waals surface area contributed by atoms with Crippen LogP contribution in [0, 0.1) is 11.6 Å². The van der Waals surface area contributed by atoms with Gasteiger partial charge in [-0.2, -0.15) is 0 Å². The minimum absolute atomic E-state index is 0.0497. The molecule has 1 N–H and O–H groups in total. The molecule has 1 aromatic carbocycles. The van der Waals surface area contributed by atoms with Crippen molar-refractivity contribution in [1.82, 2.24) is 0 Å². The Hall–Kier alpha value is -1.22. The van der Waals surface area contributed by atoms with Crippen LogP contribution >= 0.6 is 0 Å². The monoisotopic (exact) mass is 240 g/mol. The summed E-state index contributed by atoms with van der Waals surface area (Å²) in [5.74, 6) is -1.07. The molecule has 3 heteroatoms. The van der Waals surface area contributed by atoms with E-state index >= 15 is 0 Å². The lowest BCUT2D eigenvalue weighted by atomic mass is 10.0. The minimum atomic E-state index is -0.922. The van der Waals surface area contributed by atoms with E-state index in [-0.39, 0.29) is 5.56 Å². The molecule has 17 heavy (non-hydrogen) atoms. The van der Waals surface area contributed by atoms with Crippen molar-refractivity contribution in [2.45, 2.75) is 38.2 Å². The van der Waals surface area contributed by atoms with Crippen LogP contribution in [-0.4, -0.2) is 5.11 Å². The average Bonchev–Trinajstić information content (AvgIpc) is 2.32. The maximum absolute atomic E-state index is 13.3. The van der Waals surface area contributed by atoms with Gasteiger partial charge in [0.15, 0.2) is 0 Å². The van der Waals surface area contributed by atoms with Crippen molar-refractivity contribution in [3.05, 3.63) is 48.1 Å². The highest BCUT2D eigenvalue weighted by molar-refractivity contribution is 5.20. The predicted octanol–water partition coefficient (Wildman–Crippen LogP) is 4.13. The maximum Gasteiger partial charge on any atom is 0.129 e. The van der Waals surface area contributed by atoms with Crippen LogP contribution in [0.4, 0.5) is 8.78 Å². The first-order valence-electron chi connectivity index (χ1n) is 5.89. The quantitative estimate of drug-likeness (QED) is 0.561. The van der Waals surface area contributed by atoms with Crippen LogP contribution in [0.1, 0.15) is 43.8 Å². The minimum Gasteiger partial charge on any atom is -0.388 e. The van der Waals surface area contributed by atoms with Crippen LogP contribution in [-0.2, 0) is 0 Å². The second-order valence-electron chi connectivity index (χ2n) is 4.11. The summed E-state index contributed by atoms with van der Waals surface area (Å²) in [6.45, 7) is 3.62. The Balaban J connectivity index is 2.43. The van der Waals surface area contributed by atoms with Crippen molar-refractivity contribution in [2.75, 3.05) is 0 Å². The van der Waals surface area contributed by atoms with Crippen LogP contribution in [0.25, 0.3) is 0 Å². The van der Waals surface area contributed by atoms with E-state index in [2.05, 4.69) is 6.58 Å². The van der Waals surface area contributed by atoms with Gasteiger partial charge < -0.3 is 5.11 Å². The van der Waals surface area contributed by atoms with Gasteiger partial charge in [0.05, 0.1) is 6.10 Å².